The van der Waals surface area contributed by atoms with E-state index in [0.717, 1.165) is 16.9 Å². The molecule has 0 saturated heterocycles. The minimum atomic E-state index is -2.83. The Hall–Kier alpha value is -3.42. The topological polar surface area (TPSA) is 68.2 Å². The van der Waals surface area contributed by atoms with E-state index in [1.165, 1.54) is 17.9 Å². The Morgan fingerprint density at radius 2 is 1.75 bits per heavy atom. The zero-order valence-electron chi connectivity index (χ0n) is 15.7. The molecule has 0 spiro atoms. The molecule has 3 aromatic rings. The first-order chi connectivity index (χ1) is 13.3. The maximum atomic E-state index is 13.0. The van der Waals surface area contributed by atoms with Gasteiger partial charge in [0.15, 0.2) is 0 Å². The molecule has 2 N–H and O–H groups in total. The standard InChI is InChI=1S/C20H20F2N4O2/c1-12-5-4-6-13(2)18(12)28-15-9-7-14(8-10-15)23-24-20(27)16-11-26(3)25-17(16)19(21)22/h4-11,19,23H,1-3H3,(H,24,27). The number of para-hydroxylation sites is 1. The van der Waals surface area contributed by atoms with Gasteiger partial charge in [-0.1, -0.05) is 18.2 Å². The van der Waals surface area contributed by atoms with Crippen LogP contribution in [-0.4, -0.2) is 15.7 Å². The summed E-state index contributed by atoms with van der Waals surface area (Å²) in [7, 11) is 1.48. The first-order valence-corrected chi connectivity index (χ1v) is 8.57. The van der Waals surface area contributed by atoms with E-state index in [1.807, 2.05) is 32.0 Å². The van der Waals surface area contributed by atoms with Gasteiger partial charge in [0.1, 0.15) is 17.2 Å². The highest BCUT2D eigenvalue weighted by Crippen LogP contribution is 2.29. The van der Waals surface area contributed by atoms with Gasteiger partial charge in [-0.25, -0.2) is 8.78 Å². The number of carbonyl (C=O) groups is 1. The lowest BCUT2D eigenvalue weighted by atomic mass is 10.1. The molecular formula is C20H20F2N4O2. The van der Waals surface area contributed by atoms with Crippen molar-refractivity contribution in [1.29, 1.82) is 0 Å². The SMILES string of the molecule is Cc1cccc(C)c1Oc1ccc(NNC(=O)c2cn(C)nc2C(F)F)cc1. The summed E-state index contributed by atoms with van der Waals surface area (Å²) in [5.41, 5.74) is 6.98. The number of aryl methyl sites for hydroxylation is 3. The van der Waals surface area contributed by atoms with Crippen LogP contribution in [-0.2, 0) is 7.05 Å². The minimum Gasteiger partial charge on any atom is -0.457 e. The summed E-state index contributed by atoms with van der Waals surface area (Å²) < 4.78 is 33.0. The monoisotopic (exact) mass is 386 g/mol. The predicted molar refractivity (Wildman–Crippen MR) is 102 cm³/mol. The van der Waals surface area contributed by atoms with Crippen LogP contribution in [0.15, 0.2) is 48.7 Å². The Labute approximate surface area is 161 Å². The molecule has 2 aromatic carbocycles. The second kappa shape index (κ2) is 8.08. The molecule has 0 atom stereocenters. The van der Waals surface area contributed by atoms with Crippen molar-refractivity contribution in [1.82, 2.24) is 15.2 Å². The van der Waals surface area contributed by atoms with Crippen molar-refractivity contribution in [2.75, 3.05) is 5.43 Å². The van der Waals surface area contributed by atoms with Crippen molar-refractivity contribution in [3.63, 3.8) is 0 Å². The zero-order chi connectivity index (χ0) is 20.3. The molecule has 0 radical (unpaired) electrons. The highest BCUT2D eigenvalue weighted by molar-refractivity contribution is 5.95. The summed E-state index contributed by atoms with van der Waals surface area (Å²) in [6.45, 7) is 3.94. The number of rotatable bonds is 6. The zero-order valence-corrected chi connectivity index (χ0v) is 15.7. The van der Waals surface area contributed by atoms with Crippen LogP contribution in [0.1, 0.15) is 33.6 Å². The molecule has 0 bridgehead atoms. The number of nitrogens with zero attached hydrogens (tertiary/aromatic N) is 2. The van der Waals surface area contributed by atoms with E-state index in [0.29, 0.717) is 11.4 Å². The number of aromatic nitrogens is 2. The number of halogens is 2. The molecule has 0 fully saturated rings. The maximum absolute atomic E-state index is 13.0. The molecule has 6 nitrogen and oxygen atoms in total. The molecule has 0 saturated carbocycles. The number of nitrogens with one attached hydrogen (secondary N) is 2. The van der Waals surface area contributed by atoms with E-state index in [-0.39, 0.29) is 5.56 Å². The Kier molecular flexibility index (Phi) is 5.58. The average Bonchev–Trinajstić information content (AvgIpc) is 3.06. The van der Waals surface area contributed by atoms with Crippen molar-refractivity contribution >= 4 is 11.6 Å². The third-order valence-corrected chi connectivity index (χ3v) is 4.11. The maximum Gasteiger partial charge on any atom is 0.282 e. The molecule has 0 unspecified atom stereocenters. The average molecular weight is 386 g/mol. The second-order valence-corrected chi connectivity index (χ2v) is 6.33. The lowest BCUT2D eigenvalue weighted by molar-refractivity contribution is 0.0948. The number of ether oxygens (including phenoxy) is 1. The number of hydrogen-bond acceptors (Lipinski definition) is 4. The van der Waals surface area contributed by atoms with Gasteiger partial charge in [-0.15, -0.1) is 0 Å². The van der Waals surface area contributed by atoms with Gasteiger partial charge in [-0.2, -0.15) is 5.10 Å². The Balaban J connectivity index is 1.64. The Morgan fingerprint density at radius 3 is 2.36 bits per heavy atom. The Bertz CT molecular complexity index is 964. The lowest BCUT2D eigenvalue weighted by Crippen LogP contribution is -2.29. The molecule has 1 aromatic heterocycles. The minimum absolute atomic E-state index is 0.181. The van der Waals surface area contributed by atoms with Gasteiger partial charge in [-0.05, 0) is 49.2 Å². The summed E-state index contributed by atoms with van der Waals surface area (Å²) in [5, 5.41) is 3.61. The van der Waals surface area contributed by atoms with E-state index in [2.05, 4.69) is 16.0 Å². The first kappa shape index (κ1) is 19.3. The molecule has 1 amide bonds. The molecule has 146 valence electrons. The molecular weight excluding hydrogens is 366 g/mol. The van der Waals surface area contributed by atoms with E-state index in [9.17, 15) is 13.6 Å². The molecule has 0 aliphatic carbocycles. The summed E-state index contributed by atoms with van der Waals surface area (Å²) in [4.78, 5) is 12.2. The number of hydrogen-bond donors (Lipinski definition) is 2. The number of benzene rings is 2. The van der Waals surface area contributed by atoms with Gasteiger partial charge in [0.2, 0.25) is 0 Å². The van der Waals surface area contributed by atoms with E-state index in [1.54, 1.807) is 24.3 Å². The van der Waals surface area contributed by atoms with Gasteiger partial charge in [0.05, 0.1) is 11.3 Å². The van der Waals surface area contributed by atoms with Crippen molar-refractivity contribution < 1.29 is 18.3 Å². The largest absolute Gasteiger partial charge is 0.457 e. The molecule has 8 heteroatoms. The summed E-state index contributed by atoms with van der Waals surface area (Å²) in [6, 6.07) is 12.8. The van der Waals surface area contributed by atoms with Crippen molar-refractivity contribution in [2.24, 2.45) is 7.05 Å². The van der Waals surface area contributed by atoms with Crippen LogP contribution in [0.5, 0.6) is 11.5 Å². The highest BCUT2D eigenvalue weighted by Gasteiger charge is 2.22. The normalized spacial score (nSPS) is 10.8. The lowest BCUT2D eigenvalue weighted by Gasteiger charge is -2.13. The molecule has 3 rings (SSSR count). The third kappa shape index (κ3) is 4.28. The number of alkyl halides is 2. The summed E-state index contributed by atoms with van der Waals surface area (Å²) in [5.74, 6) is 0.744. The van der Waals surface area contributed by atoms with Crippen LogP contribution in [0, 0.1) is 13.8 Å². The van der Waals surface area contributed by atoms with Gasteiger partial charge in [0, 0.05) is 13.2 Å². The summed E-state index contributed by atoms with van der Waals surface area (Å²) in [6.07, 6.45) is -1.58. The predicted octanol–water partition coefficient (Wildman–Crippen LogP) is 4.52. The number of anilines is 1. The summed E-state index contributed by atoms with van der Waals surface area (Å²) >= 11 is 0. The number of hydrazine groups is 1. The van der Waals surface area contributed by atoms with E-state index < -0.39 is 18.0 Å². The van der Waals surface area contributed by atoms with Crippen LogP contribution in [0.3, 0.4) is 0 Å². The van der Waals surface area contributed by atoms with Crippen LogP contribution in [0.4, 0.5) is 14.5 Å². The fraction of sp³-hybridized carbons (Fsp3) is 0.200. The Morgan fingerprint density at radius 1 is 1.11 bits per heavy atom. The molecule has 28 heavy (non-hydrogen) atoms. The number of carbonyl (C=O) groups excluding carboxylic acids is 1. The first-order valence-electron chi connectivity index (χ1n) is 8.57. The highest BCUT2D eigenvalue weighted by atomic mass is 19.3. The fourth-order valence-electron chi connectivity index (χ4n) is 2.72. The van der Waals surface area contributed by atoms with Crippen LogP contribution in [0.25, 0.3) is 0 Å². The fourth-order valence-corrected chi connectivity index (χ4v) is 2.72. The molecule has 0 aliphatic heterocycles. The second-order valence-electron chi connectivity index (χ2n) is 6.33. The van der Waals surface area contributed by atoms with E-state index >= 15 is 0 Å². The van der Waals surface area contributed by atoms with Crippen molar-refractivity contribution in [3.8, 4) is 11.5 Å². The van der Waals surface area contributed by atoms with Crippen LogP contribution >= 0.6 is 0 Å². The third-order valence-electron chi connectivity index (χ3n) is 4.11. The van der Waals surface area contributed by atoms with Crippen molar-refractivity contribution in [2.45, 2.75) is 20.3 Å². The molecule has 1 heterocycles. The quantitative estimate of drug-likeness (QED) is 0.611. The van der Waals surface area contributed by atoms with Gasteiger partial charge in [0.25, 0.3) is 12.3 Å². The molecule has 0 aliphatic rings. The van der Waals surface area contributed by atoms with Gasteiger partial charge < -0.3 is 4.74 Å². The van der Waals surface area contributed by atoms with Crippen LogP contribution in [0.2, 0.25) is 0 Å². The number of amides is 1. The van der Waals surface area contributed by atoms with Gasteiger partial charge in [-0.3, -0.25) is 20.3 Å². The smallest absolute Gasteiger partial charge is 0.282 e. The van der Waals surface area contributed by atoms with Crippen LogP contribution < -0.4 is 15.6 Å². The van der Waals surface area contributed by atoms with Gasteiger partial charge >= 0.3 is 0 Å². The van der Waals surface area contributed by atoms with E-state index in [4.69, 9.17) is 4.74 Å². The van der Waals surface area contributed by atoms with Crippen molar-refractivity contribution in [3.05, 3.63) is 71.0 Å².